The molecule has 0 aliphatic rings. The summed E-state index contributed by atoms with van der Waals surface area (Å²) in [6.07, 6.45) is 1.44. The second-order valence-electron chi connectivity index (χ2n) is 9.05. The van der Waals surface area contributed by atoms with Crippen molar-refractivity contribution < 1.29 is 29.1 Å². The summed E-state index contributed by atoms with van der Waals surface area (Å²) in [4.78, 5) is 64.3. The topological polar surface area (TPSA) is 209 Å². The molecule has 196 valence electrons. The summed E-state index contributed by atoms with van der Waals surface area (Å²) >= 11 is 0. The van der Waals surface area contributed by atoms with Gasteiger partial charge < -0.3 is 37.5 Å². The normalized spacial score (nSPS) is 14.5. The van der Waals surface area contributed by atoms with Crippen molar-refractivity contribution in [1.82, 2.24) is 20.9 Å². The fraction of sp³-hybridized carbons (Fsp3) is 0.458. The molecule has 0 spiro atoms. The Bertz CT molecular complexity index is 1110. The molecule has 1 aromatic heterocycles. The maximum atomic E-state index is 13.1. The van der Waals surface area contributed by atoms with Crippen LogP contribution >= 0.6 is 0 Å². The number of hydrogen-bond acceptors (Lipinski definition) is 6. The minimum atomic E-state index is -1.25. The molecule has 0 bridgehead atoms. The number of benzene rings is 1. The second-order valence-corrected chi connectivity index (χ2v) is 9.05. The van der Waals surface area contributed by atoms with Crippen molar-refractivity contribution in [3.63, 3.8) is 0 Å². The zero-order valence-electron chi connectivity index (χ0n) is 20.5. The number of carboxylic acids is 1. The van der Waals surface area contributed by atoms with E-state index in [1.54, 1.807) is 20.0 Å². The monoisotopic (exact) mass is 502 g/mol. The molecule has 1 aromatic carbocycles. The Hall–Kier alpha value is -3.93. The lowest BCUT2D eigenvalue weighted by Crippen LogP contribution is -2.58. The van der Waals surface area contributed by atoms with E-state index >= 15 is 0 Å². The molecule has 4 unspecified atom stereocenters. The van der Waals surface area contributed by atoms with E-state index in [-0.39, 0.29) is 19.3 Å². The van der Waals surface area contributed by atoms with E-state index in [2.05, 4.69) is 20.9 Å². The number of carboxylic acid groups (broad SMARTS) is 1. The number of para-hydroxylation sites is 1. The van der Waals surface area contributed by atoms with Crippen LogP contribution in [0.15, 0.2) is 30.5 Å². The molecular formula is C24H34N6O6. The van der Waals surface area contributed by atoms with Crippen molar-refractivity contribution in [1.29, 1.82) is 0 Å². The van der Waals surface area contributed by atoms with Gasteiger partial charge in [-0.25, -0.2) is 4.79 Å². The van der Waals surface area contributed by atoms with Gasteiger partial charge in [0.05, 0.1) is 6.04 Å². The number of primary amides is 1. The largest absolute Gasteiger partial charge is 0.480 e. The zero-order valence-corrected chi connectivity index (χ0v) is 20.5. The highest BCUT2D eigenvalue weighted by atomic mass is 16.4. The summed E-state index contributed by atoms with van der Waals surface area (Å²) in [6.45, 7) is 4.79. The standard InChI is InChI=1S/C24H34N6O6/c1-12(2)20(30-22(33)17(8-9-19(26)31)28-21(32)13(3)25)23(34)29-18(24(35)36)10-14-11-27-16-7-5-4-6-15(14)16/h4-7,11-13,17-18,20,27H,8-10,25H2,1-3H3,(H2,26,31)(H,28,32)(H,29,34)(H,30,33)(H,35,36). The molecule has 2 rings (SSSR count). The highest BCUT2D eigenvalue weighted by Gasteiger charge is 2.32. The number of hydrogen-bond donors (Lipinski definition) is 7. The zero-order chi connectivity index (χ0) is 27.0. The van der Waals surface area contributed by atoms with E-state index in [1.165, 1.54) is 6.92 Å². The molecule has 2 aromatic rings. The third kappa shape index (κ3) is 7.80. The van der Waals surface area contributed by atoms with Gasteiger partial charge in [0, 0.05) is 29.9 Å². The molecule has 9 N–H and O–H groups in total. The number of carbonyl (C=O) groups excluding carboxylic acids is 4. The van der Waals surface area contributed by atoms with Crippen LogP contribution in [0.1, 0.15) is 39.2 Å². The maximum Gasteiger partial charge on any atom is 0.326 e. The summed E-state index contributed by atoms with van der Waals surface area (Å²) in [5, 5.41) is 18.1. The van der Waals surface area contributed by atoms with Crippen molar-refractivity contribution in [2.45, 2.75) is 64.2 Å². The highest BCUT2D eigenvalue weighted by Crippen LogP contribution is 2.19. The summed E-state index contributed by atoms with van der Waals surface area (Å²) in [7, 11) is 0. The molecule has 4 atom stereocenters. The lowest BCUT2D eigenvalue weighted by atomic mass is 10.00. The van der Waals surface area contributed by atoms with Gasteiger partial charge in [0.25, 0.3) is 0 Å². The van der Waals surface area contributed by atoms with Gasteiger partial charge in [-0.2, -0.15) is 0 Å². The lowest BCUT2D eigenvalue weighted by molar-refractivity contribution is -0.142. The average molecular weight is 503 g/mol. The van der Waals surface area contributed by atoms with Crippen molar-refractivity contribution >= 4 is 40.5 Å². The number of nitrogens with two attached hydrogens (primary N) is 2. The Morgan fingerprint density at radius 2 is 1.58 bits per heavy atom. The highest BCUT2D eigenvalue weighted by molar-refractivity contribution is 5.94. The summed E-state index contributed by atoms with van der Waals surface area (Å²) < 4.78 is 0. The lowest BCUT2D eigenvalue weighted by Gasteiger charge is -2.27. The van der Waals surface area contributed by atoms with E-state index in [1.807, 2.05) is 24.3 Å². The van der Waals surface area contributed by atoms with Crippen molar-refractivity contribution in [3.05, 3.63) is 36.0 Å². The van der Waals surface area contributed by atoms with Gasteiger partial charge in [-0.05, 0) is 30.9 Å². The summed E-state index contributed by atoms with van der Waals surface area (Å²) in [5.41, 5.74) is 12.3. The Kier molecular flexibility index (Phi) is 9.97. The van der Waals surface area contributed by atoms with Crippen molar-refractivity contribution in [3.8, 4) is 0 Å². The van der Waals surface area contributed by atoms with E-state index in [0.717, 1.165) is 10.9 Å². The van der Waals surface area contributed by atoms with Gasteiger partial charge in [0.1, 0.15) is 18.1 Å². The first-order valence-corrected chi connectivity index (χ1v) is 11.6. The number of aromatic nitrogens is 1. The number of amides is 4. The minimum Gasteiger partial charge on any atom is -0.480 e. The maximum absolute atomic E-state index is 13.1. The first-order valence-electron chi connectivity index (χ1n) is 11.6. The fourth-order valence-electron chi connectivity index (χ4n) is 3.63. The first kappa shape index (κ1) is 28.3. The van der Waals surface area contributed by atoms with E-state index < -0.39 is 59.7 Å². The molecule has 0 radical (unpaired) electrons. The third-order valence-electron chi connectivity index (χ3n) is 5.69. The van der Waals surface area contributed by atoms with E-state index in [0.29, 0.717) is 5.56 Å². The number of H-pyrrole nitrogens is 1. The molecule has 36 heavy (non-hydrogen) atoms. The van der Waals surface area contributed by atoms with Gasteiger partial charge in [0.2, 0.25) is 23.6 Å². The van der Waals surface area contributed by atoms with Crippen LogP contribution < -0.4 is 27.4 Å². The average Bonchev–Trinajstić information content (AvgIpc) is 3.21. The quantitative estimate of drug-likeness (QED) is 0.191. The van der Waals surface area contributed by atoms with Crippen LogP contribution in [0.4, 0.5) is 0 Å². The fourth-order valence-corrected chi connectivity index (χ4v) is 3.63. The van der Waals surface area contributed by atoms with Crippen molar-refractivity contribution in [2.24, 2.45) is 17.4 Å². The summed E-state index contributed by atoms with van der Waals surface area (Å²) in [5.74, 6) is -4.35. The predicted molar refractivity (Wildman–Crippen MR) is 132 cm³/mol. The molecule has 0 aliphatic heterocycles. The Morgan fingerprint density at radius 1 is 0.944 bits per heavy atom. The number of aliphatic carboxylic acids is 1. The molecule has 12 heteroatoms. The van der Waals surface area contributed by atoms with Crippen molar-refractivity contribution in [2.75, 3.05) is 0 Å². The summed E-state index contributed by atoms with van der Waals surface area (Å²) in [6, 6.07) is 2.96. The number of nitrogens with one attached hydrogen (secondary N) is 4. The number of carbonyl (C=O) groups is 5. The SMILES string of the molecule is CC(N)C(=O)NC(CCC(N)=O)C(=O)NC(C(=O)NC(Cc1c[nH]c2ccccc12)C(=O)O)C(C)C. The smallest absolute Gasteiger partial charge is 0.326 e. The van der Waals surface area contributed by atoms with Gasteiger partial charge in [0.15, 0.2) is 0 Å². The Labute approximate surface area is 208 Å². The van der Waals surface area contributed by atoms with Crippen LogP contribution in [0, 0.1) is 5.92 Å². The number of aromatic amines is 1. The van der Waals surface area contributed by atoms with E-state index in [9.17, 15) is 29.1 Å². The minimum absolute atomic E-state index is 0.0233. The van der Waals surface area contributed by atoms with Crippen LogP contribution in [0.3, 0.4) is 0 Å². The molecular weight excluding hydrogens is 468 g/mol. The number of rotatable bonds is 13. The Balaban J connectivity index is 2.16. The molecule has 4 amide bonds. The molecule has 0 aliphatic carbocycles. The molecule has 0 saturated carbocycles. The van der Waals surface area contributed by atoms with Gasteiger partial charge in [-0.1, -0.05) is 32.0 Å². The predicted octanol–water partition coefficient (Wildman–Crippen LogP) is -0.482. The third-order valence-corrected chi connectivity index (χ3v) is 5.69. The van der Waals surface area contributed by atoms with Crippen LogP contribution in [0.25, 0.3) is 10.9 Å². The van der Waals surface area contributed by atoms with Crippen LogP contribution in [0.2, 0.25) is 0 Å². The molecule has 0 fully saturated rings. The van der Waals surface area contributed by atoms with Gasteiger partial charge in [-0.3, -0.25) is 19.2 Å². The Morgan fingerprint density at radius 3 is 2.17 bits per heavy atom. The van der Waals surface area contributed by atoms with Crippen LogP contribution in [0.5, 0.6) is 0 Å². The van der Waals surface area contributed by atoms with Gasteiger partial charge >= 0.3 is 5.97 Å². The molecule has 0 saturated heterocycles. The van der Waals surface area contributed by atoms with Crippen LogP contribution in [-0.4, -0.2) is 63.9 Å². The first-order chi connectivity index (χ1) is 16.9. The van der Waals surface area contributed by atoms with E-state index in [4.69, 9.17) is 11.5 Å². The van der Waals surface area contributed by atoms with Crippen LogP contribution in [-0.2, 0) is 30.4 Å². The molecule has 1 heterocycles. The second kappa shape index (κ2) is 12.7. The van der Waals surface area contributed by atoms with Gasteiger partial charge in [-0.15, -0.1) is 0 Å². The number of fused-ring (bicyclic) bond motifs is 1. The molecule has 12 nitrogen and oxygen atoms in total.